The van der Waals surface area contributed by atoms with E-state index in [1.54, 1.807) is 23.7 Å². The highest BCUT2D eigenvalue weighted by molar-refractivity contribution is 7.71. The first kappa shape index (κ1) is 12.2. The minimum absolute atomic E-state index is 0.455. The van der Waals surface area contributed by atoms with Crippen LogP contribution in [0, 0.1) is 4.77 Å². The van der Waals surface area contributed by atoms with Crippen molar-refractivity contribution in [3.05, 3.63) is 35.0 Å². The molecule has 96 valence electrons. The van der Waals surface area contributed by atoms with Crippen LogP contribution in [0.5, 0.6) is 0 Å². The number of thiazole rings is 1. The molecule has 7 heteroatoms. The molecule has 0 aliphatic rings. The molecule has 0 fully saturated rings. The largest absolute Gasteiger partial charge is 0.281 e. The van der Waals surface area contributed by atoms with Gasteiger partial charge in [-0.2, -0.15) is 4.98 Å². The molecule has 0 unspecified atom stereocenters. The van der Waals surface area contributed by atoms with Gasteiger partial charge in [-0.05, 0) is 30.8 Å². The fourth-order valence-corrected chi connectivity index (χ4v) is 3.02. The third kappa shape index (κ3) is 2.34. The number of aromatic nitrogens is 5. The van der Waals surface area contributed by atoms with Crippen molar-refractivity contribution in [2.24, 2.45) is 0 Å². The Hall–Kier alpha value is -1.86. The van der Waals surface area contributed by atoms with Gasteiger partial charge in [0.25, 0.3) is 0 Å². The number of nitrogens with zero attached hydrogens (tertiary/aromatic N) is 3. The van der Waals surface area contributed by atoms with Crippen LogP contribution in [0.4, 0.5) is 0 Å². The van der Waals surface area contributed by atoms with Gasteiger partial charge in [0.1, 0.15) is 5.01 Å². The van der Waals surface area contributed by atoms with Crippen molar-refractivity contribution in [1.29, 1.82) is 0 Å². The number of nitrogens with one attached hydrogen (secondary N) is 2. The third-order valence-corrected chi connectivity index (χ3v) is 4.02. The highest BCUT2D eigenvalue weighted by Crippen LogP contribution is 2.33. The standard InChI is InChI=1S/C12H11N5S2/c1-2-8-9(10-15-12(18)17-16-10)19-11(14-8)7-3-5-13-6-4-7/h3-6H,2H2,1H3,(H2,15,16,17,18). The summed E-state index contributed by atoms with van der Waals surface area (Å²) in [6, 6.07) is 3.91. The molecular formula is C12H11N5S2. The molecule has 0 aliphatic carbocycles. The number of H-pyrrole nitrogens is 2. The van der Waals surface area contributed by atoms with Crippen molar-refractivity contribution in [1.82, 2.24) is 25.1 Å². The summed E-state index contributed by atoms with van der Waals surface area (Å²) < 4.78 is 0.455. The Balaban J connectivity index is 2.11. The van der Waals surface area contributed by atoms with Crippen molar-refractivity contribution in [3.63, 3.8) is 0 Å². The Labute approximate surface area is 118 Å². The zero-order valence-corrected chi connectivity index (χ0v) is 11.8. The number of aryl methyl sites for hydroxylation is 1. The maximum atomic E-state index is 4.99. The summed E-state index contributed by atoms with van der Waals surface area (Å²) in [5, 5.41) is 6.76. The number of pyridine rings is 1. The lowest BCUT2D eigenvalue weighted by atomic mass is 10.2. The quantitative estimate of drug-likeness (QED) is 0.726. The molecule has 0 aliphatic heterocycles. The summed E-state index contributed by atoms with van der Waals surface area (Å²) in [4.78, 5) is 14.0. The monoisotopic (exact) mass is 289 g/mol. The van der Waals surface area contributed by atoms with Crippen molar-refractivity contribution in [2.75, 3.05) is 0 Å². The molecule has 0 saturated carbocycles. The Kier molecular flexibility index (Phi) is 3.22. The van der Waals surface area contributed by atoms with Crippen LogP contribution in [0.1, 0.15) is 12.6 Å². The Bertz CT molecular complexity index is 741. The van der Waals surface area contributed by atoms with Crippen LogP contribution in [0.3, 0.4) is 0 Å². The van der Waals surface area contributed by atoms with Crippen LogP contribution >= 0.6 is 23.6 Å². The van der Waals surface area contributed by atoms with E-state index in [0.29, 0.717) is 4.77 Å². The zero-order valence-electron chi connectivity index (χ0n) is 10.2. The fourth-order valence-electron chi connectivity index (χ4n) is 1.77. The molecular weight excluding hydrogens is 278 g/mol. The van der Waals surface area contributed by atoms with Gasteiger partial charge in [-0.3, -0.25) is 15.2 Å². The molecule has 19 heavy (non-hydrogen) atoms. The molecule has 3 aromatic heterocycles. The molecule has 0 saturated heterocycles. The Morgan fingerprint density at radius 3 is 2.63 bits per heavy atom. The average molecular weight is 289 g/mol. The van der Waals surface area contributed by atoms with Gasteiger partial charge in [-0.1, -0.05) is 6.92 Å². The predicted octanol–water partition coefficient (Wildman–Crippen LogP) is 3.22. The highest BCUT2D eigenvalue weighted by Gasteiger charge is 2.15. The number of hydrogen-bond acceptors (Lipinski definition) is 5. The second-order valence-electron chi connectivity index (χ2n) is 3.90. The third-order valence-electron chi connectivity index (χ3n) is 2.68. The van der Waals surface area contributed by atoms with Crippen LogP contribution in [0.2, 0.25) is 0 Å². The van der Waals surface area contributed by atoms with Crippen LogP contribution in [-0.4, -0.2) is 25.1 Å². The molecule has 3 aromatic rings. The molecule has 0 radical (unpaired) electrons. The summed E-state index contributed by atoms with van der Waals surface area (Å²) in [5.41, 5.74) is 2.09. The average Bonchev–Trinajstić information content (AvgIpc) is 3.05. The number of hydrogen-bond donors (Lipinski definition) is 2. The zero-order chi connectivity index (χ0) is 13.2. The van der Waals surface area contributed by atoms with E-state index < -0.39 is 0 Å². The first-order valence-electron chi connectivity index (χ1n) is 5.83. The molecule has 5 nitrogen and oxygen atoms in total. The minimum Gasteiger partial charge on any atom is -0.281 e. The van der Waals surface area contributed by atoms with Crippen molar-refractivity contribution < 1.29 is 0 Å². The van der Waals surface area contributed by atoms with E-state index in [4.69, 9.17) is 12.2 Å². The molecule has 2 N–H and O–H groups in total. The normalized spacial score (nSPS) is 10.8. The van der Waals surface area contributed by atoms with Gasteiger partial charge in [0.15, 0.2) is 5.82 Å². The van der Waals surface area contributed by atoms with E-state index in [2.05, 4.69) is 32.1 Å². The van der Waals surface area contributed by atoms with E-state index in [1.807, 2.05) is 12.1 Å². The number of rotatable bonds is 3. The van der Waals surface area contributed by atoms with Gasteiger partial charge < -0.3 is 0 Å². The van der Waals surface area contributed by atoms with Crippen molar-refractivity contribution in [3.8, 4) is 21.3 Å². The maximum Gasteiger partial charge on any atom is 0.213 e. The van der Waals surface area contributed by atoms with E-state index in [0.717, 1.165) is 33.4 Å². The predicted molar refractivity (Wildman–Crippen MR) is 77.5 cm³/mol. The van der Waals surface area contributed by atoms with Gasteiger partial charge in [-0.25, -0.2) is 4.98 Å². The van der Waals surface area contributed by atoms with Crippen molar-refractivity contribution >= 4 is 23.6 Å². The molecule has 3 rings (SSSR count). The second-order valence-corrected chi connectivity index (χ2v) is 5.29. The Morgan fingerprint density at radius 2 is 2.00 bits per heavy atom. The minimum atomic E-state index is 0.455. The molecule has 0 bridgehead atoms. The lowest BCUT2D eigenvalue weighted by Gasteiger charge is -1.92. The lowest BCUT2D eigenvalue weighted by Crippen LogP contribution is -1.86. The molecule has 0 amide bonds. The van der Waals surface area contributed by atoms with Gasteiger partial charge in [0, 0.05) is 18.0 Å². The summed E-state index contributed by atoms with van der Waals surface area (Å²) >= 11 is 6.60. The van der Waals surface area contributed by atoms with Gasteiger partial charge in [0.05, 0.1) is 10.6 Å². The first-order valence-corrected chi connectivity index (χ1v) is 7.05. The van der Waals surface area contributed by atoms with E-state index in [-0.39, 0.29) is 0 Å². The molecule has 3 heterocycles. The first-order chi connectivity index (χ1) is 9.28. The van der Waals surface area contributed by atoms with Gasteiger partial charge >= 0.3 is 0 Å². The van der Waals surface area contributed by atoms with Gasteiger partial charge in [0.2, 0.25) is 4.77 Å². The number of aromatic amines is 2. The van der Waals surface area contributed by atoms with Crippen LogP contribution < -0.4 is 0 Å². The van der Waals surface area contributed by atoms with Crippen LogP contribution in [0.15, 0.2) is 24.5 Å². The maximum absolute atomic E-state index is 4.99. The molecule has 0 spiro atoms. The Morgan fingerprint density at radius 1 is 1.21 bits per heavy atom. The fraction of sp³-hybridized carbons (Fsp3) is 0.167. The van der Waals surface area contributed by atoms with E-state index in [9.17, 15) is 0 Å². The summed E-state index contributed by atoms with van der Waals surface area (Å²) in [6.07, 6.45) is 4.39. The topological polar surface area (TPSA) is 70.2 Å². The smallest absolute Gasteiger partial charge is 0.213 e. The summed E-state index contributed by atoms with van der Waals surface area (Å²) in [7, 11) is 0. The van der Waals surface area contributed by atoms with Crippen molar-refractivity contribution in [2.45, 2.75) is 13.3 Å². The van der Waals surface area contributed by atoms with E-state index >= 15 is 0 Å². The molecule has 0 atom stereocenters. The summed E-state index contributed by atoms with van der Waals surface area (Å²) in [5.74, 6) is 0.750. The van der Waals surface area contributed by atoms with E-state index in [1.165, 1.54) is 0 Å². The van der Waals surface area contributed by atoms with Crippen LogP contribution in [0.25, 0.3) is 21.3 Å². The highest BCUT2D eigenvalue weighted by atomic mass is 32.1. The molecule has 0 aromatic carbocycles. The van der Waals surface area contributed by atoms with Gasteiger partial charge in [-0.15, -0.1) is 11.3 Å². The second kappa shape index (κ2) is 5.02. The van der Waals surface area contributed by atoms with Crippen LogP contribution in [-0.2, 0) is 6.42 Å². The summed E-state index contributed by atoms with van der Waals surface area (Å²) in [6.45, 7) is 2.08. The lowest BCUT2D eigenvalue weighted by molar-refractivity contribution is 1.05. The SMILES string of the molecule is CCc1nc(-c2ccncc2)sc1-c1nc(=S)[nH][nH]1.